The SMILES string of the molecule is CCOC1CC2CC(COCc3ccccc3)C1O2. The van der Waals surface area contributed by atoms with Crippen LogP contribution in [0.3, 0.4) is 0 Å². The van der Waals surface area contributed by atoms with Gasteiger partial charge in [-0.15, -0.1) is 0 Å². The first-order chi connectivity index (χ1) is 9.36. The average Bonchev–Trinajstić information content (AvgIpc) is 3.00. The van der Waals surface area contributed by atoms with Crippen LogP contribution in [-0.4, -0.2) is 31.5 Å². The summed E-state index contributed by atoms with van der Waals surface area (Å²) in [5.74, 6) is 0.499. The molecule has 2 bridgehead atoms. The van der Waals surface area contributed by atoms with Crippen molar-refractivity contribution in [3.05, 3.63) is 35.9 Å². The summed E-state index contributed by atoms with van der Waals surface area (Å²) in [5, 5.41) is 0. The maximum Gasteiger partial charge on any atom is 0.0892 e. The molecule has 4 atom stereocenters. The van der Waals surface area contributed by atoms with Crippen LogP contribution in [-0.2, 0) is 20.8 Å². The second-order valence-electron chi connectivity index (χ2n) is 5.45. The predicted molar refractivity (Wildman–Crippen MR) is 72.9 cm³/mol. The molecule has 0 radical (unpaired) electrons. The van der Waals surface area contributed by atoms with E-state index in [4.69, 9.17) is 14.2 Å². The van der Waals surface area contributed by atoms with Gasteiger partial charge < -0.3 is 14.2 Å². The third-order valence-corrected chi connectivity index (χ3v) is 4.07. The lowest BCUT2D eigenvalue weighted by Gasteiger charge is -2.26. The molecule has 0 N–H and O–H groups in total. The predicted octanol–water partition coefficient (Wildman–Crippen LogP) is 2.79. The summed E-state index contributed by atoms with van der Waals surface area (Å²) in [4.78, 5) is 0. The molecule has 0 aromatic heterocycles. The average molecular weight is 262 g/mol. The van der Waals surface area contributed by atoms with Gasteiger partial charge in [0, 0.05) is 18.9 Å². The molecule has 0 amide bonds. The second kappa shape index (κ2) is 6.04. The highest BCUT2D eigenvalue weighted by Gasteiger charge is 2.47. The molecule has 2 aliphatic rings. The van der Waals surface area contributed by atoms with Gasteiger partial charge in [0.05, 0.1) is 31.5 Å². The van der Waals surface area contributed by atoms with E-state index < -0.39 is 0 Å². The number of benzene rings is 1. The Hall–Kier alpha value is -0.900. The summed E-state index contributed by atoms with van der Waals surface area (Å²) >= 11 is 0. The smallest absolute Gasteiger partial charge is 0.0892 e. The molecule has 2 fully saturated rings. The van der Waals surface area contributed by atoms with E-state index in [9.17, 15) is 0 Å². The maximum atomic E-state index is 5.95. The molecule has 1 aromatic carbocycles. The summed E-state index contributed by atoms with van der Waals surface area (Å²) in [6, 6.07) is 10.3. The lowest BCUT2D eigenvalue weighted by molar-refractivity contribution is -0.0328. The van der Waals surface area contributed by atoms with Gasteiger partial charge in [0.25, 0.3) is 0 Å². The first-order valence-electron chi connectivity index (χ1n) is 7.25. The number of rotatable bonds is 6. The van der Waals surface area contributed by atoms with Gasteiger partial charge in [-0.25, -0.2) is 0 Å². The fraction of sp³-hybridized carbons (Fsp3) is 0.625. The highest BCUT2D eigenvalue weighted by Crippen LogP contribution is 2.40. The number of fused-ring (bicyclic) bond motifs is 2. The minimum Gasteiger partial charge on any atom is -0.376 e. The van der Waals surface area contributed by atoms with Gasteiger partial charge in [-0.3, -0.25) is 0 Å². The summed E-state index contributed by atoms with van der Waals surface area (Å²) in [7, 11) is 0. The van der Waals surface area contributed by atoms with E-state index >= 15 is 0 Å². The molecule has 19 heavy (non-hydrogen) atoms. The Morgan fingerprint density at radius 2 is 2.05 bits per heavy atom. The van der Waals surface area contributed by atoms with Crippen LogP contribution in [0.5, 0.6) is 0 Å². The van der Waals surface area contributed by atoms with E-state index in [1.54, 1.807) is 0 Å². The third-order valence-electron chi connectivity index (χ3n) is 4.07. The number of hydrogen-bond donors (Lipinski definition) is 0. The maximum absolute atomic E-state index is 5.95. The summed E-state index contributed by atoms with van der Waals surface area (Å²) < 4.78 is 17.5. The molecular formula is C16H22O3. The largest absolute Gasteiger partial charge is 0.376 e. The monoisotopic (exact) mass is 262 g/mol. The van der Waals surface area contributed by atoms with Crippen molar-refractivity contribution in [2.24, 2.45) is 5.92 Å². The molecule has 4 unspecified atom stereocenters. The van der Waals surface area contributed by atoms with E-state index in [0.717, 1.165) is 26.1 Å². The minimum absolute atomic E-state index is 0.251. The van der Waals surface area contributed by atoms with Crippen LogP contribution in [0.15, 0.2) is 30.3 Å². The van der Waals surface area contributed by atoms with Gasteiger partial charge in [-0.2, -0.15) is 0 Å². The first kappa shape index (κ1) is 13.1. The summed E-state index contributed by atoms with van der Waals surface area (Å²) in [6.07, 6.45) is 3.12. The third kappa shape index (κ3) is 2.99. The Bertz CT molecular complexity index is 392. The van der Waals surface area contributed by atoms with Crippen LogP contribution < -0.4 is 0 Å². The molecule has 3 nitrogen and oxygen atoms in total. The van der Waals surface area contributed by atoms with E-state index in [-0.39, 0.29) is 12.2 Å². The Balaban J connectivity index is 1.46. The van der Waals surface area contributed by atoms with Crippen LogP contribution >= 0.6 is 0 Å². The zero-order valence-electron chi connectivity index (χ0n) is 11.5. The van der Waals surface area contributed by atoms with Gasteiger partial charge in [0.2, 0.25) is 0 Å². The van der Waals surface area contributed by atoms with Gasteiger partial charge in [0.1, 0.15) is 0 Å². The zero-order valence-corrected chi connectivity index (χ0v) is 11.5. The van der Waals surface area contributed by atoms with Crippen molar-refractivity contribution in [1.82, 2.24) is 0 Å². The van der Waals surface area contributed by atoms with Crippen LogP contribution in [0, 0.1) is 5.92 Å². The molecule has 3 heteroatoms. The van der Waals surface area contributed by atoms with Crippen LogP contribution in [0.2, 0.25) is 0 Å². The van der Waals surface area contributed by atoms with Crippen molar-refractivity contribution in [3.63, 3.8) is 0 Å². The van der Waals surface area contributed by atoms with Crippen LogP contribution in [0.1, 0.15) is 25.3 Å². The summed E-state index contributed by atoms with van der Waals surface area (Å²) in [6.45, 7) is 4.29. The lowest BCUT2D eigenvalue weighted by Crippen LogP contribution is -2.35. The van der Waals surface area contributed by atoms with Gasteiger partial charge >= 0.3 is 0 Å². The standard InChI is InChI=1S/C16H22O3/c1-2-18-15-9-14-8-13(16(15)19-14)11-17-10-12-6-4-3-5-7-12/h3-7,13-16H,2,8-11H2,1H3. The van der Waals surface area contributed by atoms with Gasteiger partial charge in [-0.1, -0.05) is 30.3 Å². The van der Waals surface area contributed by atoms with Crippen LogP contribution in [0.4, 0.5) is 0 Å². The molecule has 0 saturated carbocycles. The molecule has 1 aromatic rings. The summed E-state index contributed by atoms with van der Waals surface area (Å²) in [5.41, 5.74) is 1.23. The molecule has 3 rings (SSSR count). The second-order valence-corrected chi connectivity index (χ2v) is 5.45. The van der Waals surface area contributed by atoms with Crippen molar-refractivity contribution >= 4 is 0 Å². The van der Waals surface area contributed by atoms with Crippen molar-refractivity contribution in [2.75, 3.05) is 13.2 Å². The Morgan fingerprint density at radius 1 is 1.21 bits per heavy atom. The van der Waals surface area contributed by atoms with E-state index in [0.29, 0.717) is 18.6 Å². The van der Waals surface area contributed by atoms with Gasteiger partial charge in [0.15, 0.2) is 0 Å². The van der Waals surface area contributed by atoms with Crippen molar-refractivity contribution in [1.29, 1.82) is 0 Å². The highest BCUT2D eigenvalue weighted by molar-refractivity contribution is 5.13. The Kier molecular flexibility index (Phi) is 4.16. The lowest BCUT2D eigenvalue weighted by atomic mass is 9.87. The molecule has 104 valence electrons. The number of ether oxygens (including phenoxy) is 3. The molecule has 0 aliphatic carbocycles. The minimum atomic E-state index is 0.251. The van der Waals surface area contributed by atoms with E-state index in [1.807, 2.05) is 25.1 Å². The van der Waals surface area contributed by atoms with Gasteiger partial charge in [-0.05, 0) is 18.9 Å². The molecular weight excluding hydrogens is 240 g/mol. The molecule has 0 spiro atoms. The topological polar surface area (TPSA) is 27.7 Å². The molecule has 2 saturated heterocycles. The zero-order chi connectivity index (χ0) is 13.1. The van der Waals surface area contributed by atoms with Crippen molar-refractivity contribution in [2.45, 2.75) is 44.7 Å². The Labute approximate surface area is 114 Å². The first-order valence-corrected chi connectivity index (χ1v) is 7.25. The van der Waals surface area contributed by atoms with Crippen molar-refractivity contribution in [3.8, 4) is 0 Å². The fourth-order valence-corrected chi connectivity index (χ4v) is 3.24. The number of hydrogen-bond acceptors (Lipinski definition) is 3. The molecule has 2 heterocycles. The highest BCUT2D eigenvalue weighted by atomic mass is 16.6. The Morgan fingerprint density at radius 3 is 2.79 bits per heavy atom. The molecule has 2 aliphatic heterocycles. The normalized spacial score (nSPS) is 32.9. The fourth-order valence-electron chi connectivity index (χ4n) is 3.24. The quantitative estimate of drug-likeness (QED) is 0.789. The van der Waals surface area contributed by atoms with E-state index in [2.05, 4.69) is 12.1 Å². The van der Waals surface area contributed by atoms with Crippen LogP contribution in [0.25, 0.3) is 0 Å². The van der Waals surface area contributed by atoms with Crippen molar-refractivity contribution < 1.29 is 14.2 Å². The van der Waals surface area contributed by atoms with E-state index in [1.165, 1.54) is 5.56 Å².